The van der Waals surface area contributed by atoms with Crippen LogP contribution in [0.25, 0.3) is 0 Å². The Morgan fingerprint density at radius 2 is 1.96 bits per heavy atom. The average molecular weight is 346 g/mol. The molecule has 1 aromatic rings. The van der Waals surface area contributed by atoms with E-state index in [2.05, 4.69) is 0 Å². The van der Waals surface area contributed by atoms with Crippen molar-refractivity contribution in [2.75, 3.05) is 26.2 Å². The van der Waals surface area contributed by atoms with Gasteiger partial charge in [-0.25, -0.2) is 0 Å². The largest absolute Gasteiger partial charge is 0.481 e. The summed E-state index contributed by atoms with van der Waals surface area (Å²) in [7, 11) is 0. The minimum Gasteiger partial charge on any atom is -0.481 e. The Morgan fingerprint density at radius 1 is 1.20 bits per heavy atom. The lowest BCUT2D eigenvalue weighted by Crippen LogP contribution is -2.48. The van der Waals surface area contributed by atoms with Crippen molar-refractivity contribution < 1.29 is 24.2 Å². The Bertz CT molecular complexity index is 648. The van der Waals surface area contributed by atoms with E-state index in [0.29, 0.717) is 26.2 Å². The summed E-state index contributed by atoms with van der Waals surface area (Å²) in [4.78, 5) is 39.1. The molecule has 25 heavy (non-hydrogen) atoms. The van der Waals surface area contributed by atoms with Crippen LogP contribution in [0.1, 0.15) is 18.4 Å². The number of carboxylic acids is 1. The summed E-state index contributed by atoms with van der Waals surface area (Å²) >= 11 is 0. The molecular weight excluding hydrogens is 324 g/mol. The van der Waals surface area contributed by atoms with Gasteiger partial charge in [-0.05, 0) is 5.56 Å². The molecule has 2 fully saturated rings. The van der Waals surface area contributed by atoms with E-state index in [0.717, 1.165) is 5.56 Å². The summed E-state index contributed by atoms with van der Waals surface area (Å²) < 4.78 is 5.40. The van der Waals surface area contributed by atoms with Gasteiger partial charge in [-0.15, -0.1) is 0 Å². The van der Waals surface area contributed by atoms with Crippen molar-refractivity contribution in [3.8, 4) is 0 Å². The van der Waals surface area contributed by atoms with Crippen molar-refractivity contribution in [2.24, 2.45) is 5.92 Å². The minimum absolute atomic E-state index is 0.0162. The number of benzene rings is 1. The van der Waals surface area contributed by atoms with Crippen LogP contribution in [0.4, 0.5) is 0 Å². The van der Waals surface area contributed by atoms with Gasteiger partial charge in [0.25, 0.3) is 0 Å². The van der Waals surface area contributed by atoms with Crippen LogP contribution in [0.15, 0.2) is 30.3 Å². The van der Waals surface area contributed by atoms with E-state index >= 15 is 0 Å². The molecule has 0 aromatic heterocycles. The van der Waals surface area contributed by atoms with Gasteiger partial charge in [-0.3, -0.25) is 14.4 Å². The number of rotatable bonds is 5. The van der Waals surface area contributed by atoms with Crippen molar-refractivity contribution in [2.45, 2.75) is 25.5 Å². The molecule has 0 radical (unpaired) electrons. The lowest BCUT2D eigenvalue weighted by molar-refractivity contribution is -0.149. The Balaban J connectivity index is 1.57. The molecule has 2 saturated heterocycles. The number of ether oxygens (including phenoxy) is 1. The van der Waals surface area contributed by atoms with Crippen LogP contribution >= 0.6 is 0 Å². The third kappa shape index (κ3) is 4.36. The molecule has 1 aromatic carbocycles. The second kappa shape index (κ2) is 7.65. The number of nitrogens with zero attached hydrogens (tertiary/aromatic N) is 2. The number of carbonyl (C=O) groups excluding carboxylic acids is 2. The van der Waals surface area contributed by atoms with E-state index in [1.807, 2.05) is 30.3 Å². The van der Waals surface area contributed by atoms with Crippen molar-refractivity contribution in [1.82, 2.24) is 9.80 Å². The first-order valence-corrected chi connectivity index (χ1v) is 8.47. The molecule has 3 rings (SSSR count). The molecule has 1 N–H and O–H groups in total. The maximum Gasteiger partial charge on any atom is 0.306 e. The van der Waals surface area contributed by atoms with Gasteiger partial charge in [0.1, 0.15) is 0 Å². The topological polar surface area (TPSA) is 87.2 Å². The van der Waals surface area contributed by atoms with Crippen LogP contribution < -0.4 is 0 Å². The molecule has 0 bridgehead atoms. The third-order valence-corrected chi connectivity index (χ3v) is 4.63. The fourth-order valence-electron chi connectivity index (χ4n) is 3.39. The smallest absolute Gasteiger partial charge is 0.306 e. The molecule has 0 saturated carbocycles. The molecule has 0 spiro atoms. The highest BCUT2D eigenvalue weighted by Crippen LogP contribution is 2.23. The molecule has 0 aliphatic carbocycles. The zero-order chi connectivity index (χ0) is 17.8. The van der Waals surface area contributed by atoms with E-state index in [-0.39, 0.29) is 37.1 Å². The van der Waals surface area contributed by atoms with Gasteiger partial charge in [0.05, 0.1) is 25.0 Å². The maximum atomic E-state index is 12.7. The second-order valence-corrected chi connectivity index (χ2v) is 6.54. The van der Waals surface area contributed by atoms with Crippen molar-refractivity contribution >= 4 is 17.8 Å². The fraction of sp³-hybridized carbons (Fsp3) is 0.500. The lowest BCUT2D eigenvalue weighted by atomic mass is 10.1. The summed E-state index contributed by atoms with van der Waals surface area (Å²) in [5, 5.41) is 8.88. The number of morpholine rings is 1. The highest BCUT2D eigenvalue weighted by Gasteiger charge is 2.38. The molecule has 2 amide bonds. The average Bonchev–Trinajstić information content (AvgIpc) is 2.95. The van der Waals surface area contributed by atoms with Gasteiger partial charge in [0, 0.05) is 32.6 Å². The van der Waals surface area contributed by atoms with E-state index in [4.69, 9.17) is 9.84 Å². The first-order valence-electron chi connectivity index (χ1n) is 8.47. The van der Waals surface area contributed by atoms with Crippen LogP contribution in [0.2, 0.25) is 0 Å². The Hall–Kier alpha value is -2.41. The van der Waals surface area contributed by atoms with Crippen LogP contribution in [-0.2, 0) is 25.7 Å². The van der Waals surface area contributed by atoms with E-state index < -0.39 is 12.1 Å². The van der Waals surface area contributed by atoms with Gasteiger partial charge in [0.15, 0.2) is 0 Å². The SMILES string of the molecule is O=C(O)CC1CN(C(=O)C2CC(=O)N(Cc3ccccc3)C2)CCO1. The number of likely N-dealkylation sites (tertiary alicyclic amines) is 1. The minimum atomic E-state index is -0.940. The predicted molar refractivity (Wildman–Crippen MR) is 88.5 cm³/mol. The molecule has 2 atom stereocenters. The maximum absolute atomic E-state index is 12.7. The van der Waals surface area contributed by atoms with E-state index in [1.54, 1.807) is 9.80 Å². The second-order valence-electron chi connectivity index (χ2n) is 6.54. The summed E-state index contributed by atoms with van der Waals surface area (Å²) in [5.74, 6) is -1.40. The highest BCUT2D eigenvalue weighted by molar-refractivity contribution is 5.89. The van der Waals surface area contributed by atoms with Crippen molar-refractivity contribution in [1.29, 1.82) is 0 Å². The molecule has 2 aliphatic heterocycles. The molecule has 2 aliphatic rings. The first-order chi connectivity index (χ1) is 12.0. The number of hydrogen-bond acceptors (Lipinski definition) is 4. The lowest BCUT2D eigenvalue weighted by Gasteiger charge is -2.33. The zero-order valence-corrected chi connectivity index (χ0v) is 14.0. The van der Waals surface area contributed by atoms with Gasteiger partial charge in [0.2, 0.25) is 11.8 Å². The summed E-state index contributed by atoms with van der Waals surface area (Å²) in [6, 6.07) is 9.69. The summed E-state index contributed by atoms with van der Waals surface area (Å²) in [6.45, 7) is 1.96. The van der Waals surface area contributed by atoms with Crippen LogP contribution in [-0.4, -0.2) is 65.0 Å². The Kier molecular flexibility index (Phi) is 5.33. The van der Waals surface area contributed by atoms with Crippen molar-refractivity contribution in [3.63, 3.8) is 0 Å². The molecular formula is C18H22N2O5. The Labute approximate surface area is 146 Å². The molecule has 134 valence electrons. The Morgan fingerprint density at radius 3 is 2.68 bits per heavy atom. The number of amides is 2. The number of carboxylic acid groups (broad SMARTS) is 1. The number of hydrogen-bond donors (Lipinski definition) is 1. The zero-order valence-electron chi connectivity index (χ0n) is 14.0. The monoisotopic (exact) mass is 346 g/mol. The van der Waals surface area contributed by atoms with Gasteiger partial charge in [-0.1, -0.05) is 30.3 Å². The van der Waals surface area contributed by atoms with Gasteiger partial charge in [-0.2, -0.15) is 0 Å². The fourth-order valence-corrected chi connectivity index (χ4v) is 3.39. The van der Waals surface area contributed by atoms with E-state index in [9.17, 15) is 14.4 Å². The van der Waals surface area contributed by atoms with Gasteiger partial charge >= 0.3 is 5.97 Å². The summed E-state index contributed by atoms with van der Waals surface area (Å²) in [6.07, 6.45) is -0.382. The molecule has 2 heterocycles. The van der Waals surface area contributed by atoms with Crippen LogP contribution in [0.5, 0.6) is 0 Å². The van der Waals surface area contributed by atoms with Crippen molar-refractivity contribution in [3.05, 3.63) is 35.9 Å². The molecule has 7 heteroatoms. The summed E-state index contributed by atoms with van der Waals surface area (Å²) in [5.41, 5.74) is 1.04. The first kappa shape index (κ1) is 17.4. The number of carbonyl (C=O) groups is 3. The van der Waals surface area contributed by atoms with Crippen LogP contribution in [0.3, 0.4) is 0 Å². The predicted octanol–water partition coefficient (Wildman–Crippen LogP) is 0.737. The quantitative estimate of drug-likeness (QED) is 0.850. The number of aliphatic carboxylic acids is 1. The van der Waals surface area contributed by atoms with Crippen LogP contribution in [0, 0.1) is 5.92 Å². The van der Waals surface area contributed by atoms with E-state index in [1.165, 1.54) is 0 Å². The van der Waals surface area contributed by atoms with Gasteiger partial charge < -0.3 is 19.6 Å². The third-order valence-electron chi connectivity index (χ3n) is 4.63. The molecule has 2 unspecified atom stereocenters. The highest BCUT2D eigenvalue weighted by atomic mass is 16.5. The normalized spacial score (nSPS) is 23.8. The molecule has 7 nitrogen and oxygen atoms in total. The standard InChI is InChI=1S/C18H22N2O5/c21-16-8-14(11-20(16)10-13-4-2-1-3-5-13)18(24)19-6-7-25-15(12-19)9-17(22)23/h1-5,14-15H,6-12H2,(H,22,23).